The van der Waals surface area contributed by atoms with Gasteiger partial charge in [0.1, 0.15) is 0 Å². The molecule has 0 fully saturated rings. The third kappa shape index (κ3) is 5.69. The summed E-state index contributed by atoms with van der Waals surface area (Å²) in [6.07, 6.45) is 3.47. The van der Waals surface area contributed by atoms with Crippen LogP contribution in [-0.2, 0) is 18.3 Å². The molecule has 10 heteroatoms. The number of rotatable bonds is 8. The Balaban J connectivity index is 1.76. The second kappa shape index (κ2) is 11.1. The Morgan fingerprint density at radius 3 is 2.38 bits per heavy atom. The molecule has 7 nitrogen and oxygen atoms in total. The number of nitrogens with zero attached hydrogens (tertiary/aromatic N) is 3. The molecule has 4 rings (SSSR count). The molecule has 0 unspecified atom stereocenters. The number of carbonyl (C=O) groups excluding carboxylic acids is 1. The van der Waals surface area contributed by atoms with Crippen LogP contribution in [0, 0.1) is 17.5 Å². The molecule has 2 aromatic carbocycles. The summed E-state index contributed by atoms with van der Waals surface area (Å²) in [5, 5.41) is 5.98. The minimum absolute atomic E-state index is 0.0667. The first-order chi connectivity index (χ1) is 17.8. The highest BCUT2D eigenvalue weighted by Crippen LogP contribution is 2.31. The van der Waals surface area contributed by atoms with E-state index in [1.807, 2.05) is 30.3 Å². The molecule has 1 atom stereocenters. The van der Waals surface area contributed by atoms with Crippen LogP contribution >= 0.6 is 0 Å². The normalized spacial score (nSPS) is 11.7. The van der Waals surface area contributed by atoms with E-state index in [1.165, 1.54) is 26.4 Å². The first-order valence-electron chi connectivity index (χ1n) is 11.5. The van der Waals surface area contributed by atoms with Crippen molar-refractivity contribution in [1.29, 1.82) is 0 Å². The van der Waals surface area contributed by atoms with Crippen molar-refractivity contribution in [1.82, 2.24) is 19.9 Å². The number of hydrogen-bond acceptors (Lipinski definition) is 5. The minimum Gasteiger partial charge on any atom is -0.353 e. The van der Waals surface area contributed by atoms with E-state index in [0.29, 0.717) is 12.0 Å². The quantitative estimate of drug-likeness (QED) is 0.351. The zero-order chi connectivity index (χ0) is 26.5. The van der Waals surface area contributed by atoms with Crippen molar-refractivity contribution in [2.45, 2.75) is 19.4 Å². The molecule has 2 N–H and O–H groups in total. The molecule has 0 bridgehead atoms. The van der Waals surface area contributed by atoms with Gasteiger partial charge in [0.15, 0.2) is 17.5 Å². The average molecular weight is 508 g/mol. The van der Waals surface area contributed by atoms with Gasteiger partial charge in [0.05, 0.1) is 17.3 Å². The van der Waals surface area contributed by atoms with Gasteiger partial charge in [-0.25, -0.2) is 18.2 Å². The molecule has 2 heterocycles. The van der Waals surface area contributed by atoms with Crippen molar-refractivity contribution in [2.24, 2.45) is 7.05 Å². The van der Waals surface area contributed by atoms with Gasteiger partial charge in [-0.3, -0.25) is 19.1 Å². The lowest BCUT2D eigenvalue weighted by atomic mass is 10.00. The molecule has 4 aromatic rings. The summed E-state index contributed by atoms with van der Waals surface area (Å²) < 4.78 is 43.6. The maximum Gasteiger partial charge on any atom is 0.263 e. The summed E-state index contributed by atoms with van der Waals surface area (Å²) in [6, 6.07) is 14.2. The van der Waals surface area contributed by atoms with Crippen molar-refractivity contribution in [2.75, 3.05) is 11.9 Å². The van der Waals surface area contributed by atoms with Crippen molar-refractivity contribution in [3.63, 3.8) is 0 Å². The molecule has 0 saturated heterocycles. The van der Waals surface area contributed by atoms with E-state index >= 15 is 0 Å². The Morgan fingerprint density at radius 2 is 1.70 bits per heavy atom. The van der Waals surface area contributed by atoms with E-state index in [1.54, 1.807) is 12.1 Å². The van der Waals surface area contributed by atoms with Crippen molar-refractivity contribution in [3.05, 3.63) is 100 Å². The van der Waals surface area contributed by atoms with Gasteiger partial charge in [-0.05, 0) is 36.2 Å². The molecular weight excluding hydrogens is 483 g/mol. The summed E-state index contributed by atoms with van der Waals surface area (Å²) >= 11 is 0. The zero-order valence-corrected chi connectivity index (χ0v) is 20.1. The van der Waals surface area contributed by atoms with Crippen LogP contribution in [0.3, 0.4) is 0 Å². The minimum atomic E-state index is -1.68. The summed E-state index contributed by atoms with van der Waals surface area (Å²) in [7, 11) is 1.43. The number of anilines is 1. The molecular formula is C27H24F3N5O2. The summed E-state index contributed by atoms with van der Waals surface area (Å²) in [5.74, 6) is -4.60. The van der Waals surface area contributed by atoms with Gasteiger partial charge in [-0.1, -0.05) is 30.3 Å². The number of carbonyl (C=O) groups is 1. The number of benzene rings is 2. The lowest BCUT2D eigenvalue weighted by Crippen LogP contribution is -2.41. The average Bonchev–Trinajstić information content (AvgIpc) is 2.89. The topological polar surface area (TPSA) is 88.9 Å². The molecule has 2 aromatic heterocycles. The molecule has 0 aliphatic carbocycles. The first kappa shape index (κ1) is 25.6. The Morgan fingerprint density at radius 1 is 1.00 bits per heavy atom. The monoisotopic (exact) mass is 507 g/mol. The fourth-order valence-corrected chi connectivity index (χ4v) is 4.02. The number of aromatic nitrogens is 3. The maximum absolute atomic E-state index is 14.8. The number of pyridine rings is 1. The van der Waals surface area contributed by atoms with Gasteiger partial charge in [-0.15, -0.1) is 0 Å². The van der Waals surface area contributed by atoms with Crippen LogP contribution in [0.5, 0.6) is 0 Å². The van der Waals surface area contributed by atoms with Crippen LogP contribution < -0.4 is 16.2 Å². The summed E-state index contributed by atoms with van der Waals surface area (Å²) in [6.45, 7) is 1.64. The molecule has 0 radical (unpaired) electrons. The lowest BCUT2D eigenvalue weighted by Gasteiger charge is -2.21. The van der Waals surface area contributed by atoms with E-state index in [9.17, 15) is 22.8 Å². The Kier molecular flexibility index (Phi) is 7.66. The van der Waals surface area contributed by atoms with Crippen LogP contribution in [-0.4, -0.2) is 33.0 Å². The second-order valence-corrected chi connectivity index (χ2v) is 8.45. The largest absolute Gasteiger partial charge is 0.353 e. The van der Waals surface area contributed by atoms with Gasteiger partial charge < -0.3 is 10.6 Å². The third-order valence-corrected chi connectivity index (χ3v) is 5.79. The fourth-order valence-electron chi connectivity index (χ4n) is 4.02. The Bertz CT molecular complexity index is 1480. The molecule has 0 spiro atoms. The molecule has 1 amide bonds. The summed E-state index contributed by atoms with van der Waals surface area (Å²) in [5.41, 5.74) is 0.193. The van der Waals surface area contributed by atoms with Crippen LogP contribution in [0.15, 0.2) is 71.8 Å². The van der Waals surface area contributed by atoms with Gasteiger partial charge in [0.25, 0.3) is 5.56 Å². The van der Waals surface area contributed by atoms with Crippen LogP contribution in [0.25, 0.3) is 22.4 Å². The molecule has 0 saturated carbocycles. The van der Waals surface area contributed by atoms with Gasteiger partial charge in [-0.2, -0.15) is 0 Å². The van der Waals surface area contributed by atoms with Crippen LogP contribution in [0.4, 0.5) is 19.1 Å². The van der Waals surface area contributed by atoms with E-state index < -0.39 is 28.6 Å². The number of hydrogen-bond donors (Lipinski definition) is 2. The van der Waals surface area contributed by atoms with Crippen molar-refractivity contribution >= 4 is 11.9 Å². The molecule has 0 aliphatic rings. The van der Waals surface area contributed by atoms with Crippen molar-refractivity contribution in [3.8, 4) is 22.4 Å². The predicted molar refractivity (Wildman–Crippen MR) is 134 cm³/mol. The number of halogens is 3. The van der Waals surface area contributed by atoms with E-state index in [2.05, 4.69) is 20.6 Å². The lowest BCUT2D eigenvalue weighted by molar-refractivity contribution is -0.119. The molecule has 0 aliphatic heterocycles. The first-order valence-corrected chi connectivity index (χ1v) is 11.5. The van der Waals surface area contributed by atoms with E-state index in [4.69, 9.17) is 0 Å². The number of amides is 1. The Hall–Kier alpha value is -4.47. The van der Waals surface area contributed by atoms with E-state index in [-0.39, 0.29) is 35.7 Å². The van der Waals surface area contributed by atoms with Gasteiger partial charge in [0.2, 0.25) is 11.9 Å². The number of nitrogens with one attached hydrogen (secondary N) is 2. The molecule has 190 valence electrons. The highest BCUT2D eigenvalue weighted by molar-refractivity contribution is 5.81. The molecule has 37 heavy (non-hydrogen) atoms. The van der Waals surface area contributed by atoms with Gasteiger partial charge in [0, 0.05) is 44.0 Å². The fraction of sp³-hybridized carbons (Fsp3) is 0.185. The zero-order valence-electron chi connectivity index (χ0n) is 20.1. The highest BCUT2D eigenvalue weighted by atomic mass is 19.2. The summed E-state index contributed by atoms with van der Waals surface area (Å²) in [4.78, 5) is 33.8. The van der Waals surface area contributed by atoms with Crippen molar-refractivity contribution < 1.29 is 18.0 Å². The smallest absolute Gasteiger partial charge is 0.263 e. The standard InChI is InChI=1S/C27H24F3N5O2/c1-16(36)33-19(14-17-6-4-3-5-7-17)15-32-27-34-25(18-10-12-31-13-11-18)22(26(37)35(27)2)20-8-9-21(28)24(30)23(20)29/h3-13,19H,14-15H2,1-2H3,(H,32,34)(H,33,36)/t19-/m0/s1. The van der Waals surface area contributed by atoms with Gasteiger partial charge >= 0.3 is 0 Å². The van der Waals surface area contributed by atoms with Crippen LogP contribution in [0.2, 0.25) is 0 Å². The predicted octanol–water partition coefficient (Wildman–Crippen LogP) is 4.09. The SMILES string of the molecule is CC(=O)N[C@H](CNc1nc(-c2ccncc2)c(-c2ccc(F)c(F)c2F)c(=O)n1C)Cc1ccccc1. The highest BCUT2D eigenvalue weighted by Gasteiger charge is 2.24. The Labute approximate surface area is 211 Å². The van der Waals surface area contributed by atoms with Crippen LogP contribution in [0.1, 0.15) is 12.5 Å². The third-order valence-electron chi connectivity index (χ3n) is 5.79. The van der Waals surface area contributed by atoms with E-state index in [0.717, 1.165) is 22.3 Å². The maximum atomic E-state index is 14.8. The second-order valence-electron chi connectivity index (χ2n) is 8.45.